The summed E-state index contributed by atoms with van der Waals surface area (Å²) in [6.45, 7) is 0.696. The van der Waals surface area contributed by atoms with E-state index in [-0.39, 0.29) is 26.1 Å². The van der Waals surface area contributed by atoms with Crippen molar-refractivity contribution in [2.45, 2.75) is 12.8 Å². The van der Waals surface area contributed by atoms with E-state index in [0.29, 0.717) is 13.2 Å². The second kappa shape index (κ2) is 8.61. The van der Waals surface area contributed by atoms with E-state index in [4.69, 9.17) is 10.2 Å². The summed E-state index contributed by atoms with van der Waals surface area (Å²) in [6.07, 6.45) is 0.525. The zero-order valence-corrected chi connectivity index (χ0v) is 7.77. The Kier molecular flexibility index (Phi) is 8.01. The molecule has 0 unspecified atom stereocenters. The molecule has 1 aliphatic rings. The molecule has 1 saturated heterocycles. The minimum absolute atomic E-state index is 0.0278. The molecule has 0 aromatic heterocycles. The van der Waals surface area contributed by atoms with Crippen LogP contribution in [0.2, 0.25) is 0 Å². The van der Waals surface area contributed by atoms with Crippen LogP contribution in [0.15, 0.2) is 0 Å². The largest absolute Gasteiger partial charge is 0.394 e. The number of hydrogen-bond donors (Lipinski definition) is 2. The van der Waals surface area contributed by atoms with E-state index in [1.807, 2.05) is 0 Å². The Morgan fingerprint density at radius 1 is 1.07 bits per heavy atom. The van der Waals surface area contributed by atoms with E-state index in [0.717, 1.165) is 0 Å². The summed E-state index contributed by atoms with van der Waals surface area (Å²) in [5, 5.41) is 16.2. The van der Waals surface area contributed by atoms with Gasteiger partial charge in [0.15, 0.2) is 0 Å². The first-order chi connectivity index (χ1) is 6.70. The van der Waals surface area contributed by atoms with Crippen LogP contribution in [-0.2, 0) is 19.1 Å². The molecular formula is C8H14O6. The number of rotatable bonds is 4. The summed E-state index contributed by atoms with van der Waals surface area (Å²) < 4.78 is 8.72. The maximum absolute atomic E-state index is 10.0. The molecule has 0 aromatic carbocycles. The Bertz CT molecular complexity index is 161. The maximum atomic E-state index is 10.0. The zero-order chi connectivity index (χ0) is 10.8. The highest BCUT2D eigenvalue weighted by molar-refractivity contribution is 5.92. The molecule has 6 nitrogen and oxygen atoms in total. The van der Waals surface area contributed by atoms with Gasteiger partial charge in [0.1, 0.15) is 0 Å². The number of aliphatic hydroxyl groups is 2. The first-order valence-corrected chi connectivity index (χ1v) is 4.23. The number of aliphatic hydroxyl groups excluding tert-OH is 2. The van der Waals surface area contributed by atoms with E-state index >= 15 is 0 Å². The third kappa shape index (κ3) is 7.66. The maximum Gasteiger partial charge on any atom is 0.314 e. The highest BCUT2D eigenvalue weighted by atomic mass is 16.6. The lowest BCUT2D eigenvalue weighted by molar-refractivity contribution is -0.151. The Morgan fingerprint density at radius 3 is 1.71 bits per heavy atom. The molecule has 2 N–H and O–H groups in total. The molecule has 1 rings (SSSR count). The van der Waals surface area contributed by atoms with E-state index in [2.05, 4.69) is 9.47 Å². The fourth-order valence-corrected chi connectivity index (χ4v) is 0.664. The van der Waals surface area contributed by atoms with Crippen molar-refractivity contribution < 1.29 is 29.3 Å². The SMILES string of the molecule is O=C1CCC(=O)O1.OCCOCCO. The highest BCUT2D eigenvalue weighted by Crippen LogP contribution is 2.03. The second-order valence-electron chi connectivity index (χ2n) is 2.41. The first kappa shape index (κ1) is 13.0. The van der Waals surface area contributed by atoms with Crippen LogP contribution in [-0.4, -0.2) is 48.6 Å². The molecule has 82 valence electrons. The molecule has 0 aliphatic carbocycles. The summed E-state index contributed by atoms with van der Waals surface area (Å²) >= 11 is 0. The van der Waals surface area contributed by atoms with Gasteiger partial charge in [-0.25, -0.2) is 0 Å². The molecule has 1 heterocycles. The van der Waals surface area contributed by atoms with Crippen molar-refractivity contribution >= 4 is 11.9 Å². The van der Waals surface area contributed by atoms with Gasteiger partial charge < -0.3 is 19.7 Å². The smallest absolute Gasteiger partial charge is 0.314 e. The molecule has 6 heteroatoms. The monoisotopic (exact) mass is 206 g/mol. The van der Waals surface area contributed by atoms with Crippen molar-refractivity contribution in [3.8, 4) is 0 Å². The number of hydrogen-bond acceptors (Lipinski definition) is 6. The standard InChI is InChI=1S/C4H4O3.C4H10O3/c5-3-1-2-4(6)7-3;5-1-3-7-4-2-6/h1-2H2;5-6H,1-4H2. The van der Waals surface area contributed by atoms with Gasteiger partial charge in [-0.1, -0.05) is 0 Å². The predicted molar refractivity (Wildman–Crippen MR) is 45.3 cm³/mol. The predicted octanol–water partition coefficient (Wildman–Crippen LogP) is -1.16. The normalized spacial score (nSPS) is 14.7. The lowest BCUT2D eigenvalue weighted by atomic mass is 10.4. The summed E-state index contributed by atoms with van der Waals surface area (Å²) in [5.74, 6) is -0.796. The summed E-state index contributed by atoms with van der Waals surface area (Å²) in [6, 6.07) is 0. The van der Waals surface area contributed by atoms with Crippen molar-refractivity contribution in [1.29, 1.82) is 0 Å². The van der Waals surface area contributed by atoms with Crippen LogP contribution in [0.1, 0.15) is 12.8 Å². The van der Waals surface area contributed by atoms with E-state index in [1.54, 1.807) is 0 Å². The van der Waals surface area contributed by atoms with Gasteiger partial charge >= 0.3 is 11.9 Å². The number of ether oxygens (including phenoxy) is 2. The van der Waals surface area contributed by atoms with Gasteiger partial charge in [-0.3, -0.25) is 9.59 Å². The molecule has 0 saturated carbocycles. The van der Waals surface area contributed by atoms with Crippen LogP contribution in [0.5, 0.6) is 0 Å². The van der Waals surface area contributed by atoms with Crippen LogP contribution in [0, 0.1) is 0 Å². The molecular weight excluding hydrogens is 192 g/mol. The molecule has 0 radical (unpaired) electrons. The summed E-state index contributed by atoms with van der Waals surface area (Å²) in [4.78, 5) is 20.0. The third-order valence-corrected chi connectivity index (χ3v) is 1.23. The van der Waals surface area contributed by atoms with Gasteiger partial charge in [-0.2, -0.15) is 0 Å². The third-order valence-electron chi connectivity index (χ3n) is 1.23. The van der Waals surface area contributed by atoms with Crippen LogP contribution >= 0.6 is 0 Å². The van der Waals surface area contributed by atoms with Crippen molar-refractivity contribution in [3.05, 3.63) is 0 Å². The van der Waals surface area contributed by atoms with E-state index < -0.39 is 11.9 Å². The molecule has 0 atom stereocenters. The Morgan fingerprint density at radius 2 is 1.50 bits per heavy atom. The molecule has 0 amide bonds. The molecule has 14 heavy (non-hydrogen) atoms. The average molecular weight is 206 g/mol. The Balaban J connectivity index is 0.000000241. The topological polar surface area (TPSA) is 93.1 Å². The van der Waals surface area contributed by atoms with E-state index in [1.165, 1.54) is 0 Å². The fraction of sp³-hybridized carbons (Fsp3) is 0.750. The zero-order valence-electron chi connectivity index (χ0n) is 7.77. The van der Waals surface area contributed by atoms with Gasteiger partial charge in [0.25, 0.3) is 0 Å². The van der Waals surface area contributed by atoms with E-state index in [9.17, 15) is 9.59 Å². The Labute approximate surface area is 81.4 Å². The number of carbonyl (C=O) groups is 2. The minimum Gasteiger partial charge on any atom is -0.394 e. The van der Waals surface area contributed by atoms with Crippen molar-refractivity contribution in [3.63, 3.8) is 0 Å². The highest BCUT2D eigenvalue weighted by Gasteiger charge is 2.19. The average Bonchev–Trinajstić information content (AvgIpc) is 2.52. The van der Waals surface area contributed by atoms with Crippen molar-refractivity contribution in [1.82, 2.24) is 0 Å². The number of esters is 2. The summed E-state index contributed by atoms with van der Waals surface area (Å²) in [5.41, 5.74) is 0. The molecule has 1 fully saturated rings. The molecule has 0 bridgehead atoms. The first-order valence-electron chi connectivity index (χ1n) is 4.23. The second-order valence-corrected chi connectivity index (χ2v) is 2.41. The number of cyclic esters (lactones) is 2. The lowest BCUT2D eigenvalue weighted by Crippen LogP contribution is -2.03. The fourth-order valence-electron chi connectivity index (χ4n) is 0.664. The molecule has 0 aromatic rings. The van der Waals surface area contributed by atoms with Crippen LogP contribution in [0.3, 0.4) is 0 Å². The molecule has 0 spiro atoms. The van der Waals surface area contributed by atoms with Gasteiger partial charge in [0.2, 0.25) is 0 Å². The van der Waals surface area contributed by atoms with Gasteiger partial charge in [-0.15, -0.1) is 0 Å². The van der Waals surface area contributed by atoms with Crippen LogP contribution < -0.4 is 0 Å². The van der Waals surface area contributed by atoms with Gasteiger partial charge in [0, 0.05) is 0 Å². The van der Waals surface area contributed by atoms with Gasteiger partial charge in [-0.05, 0) is 0 Å². The minimum atomic E-state index is -0.398. The quantitative estimate of drug-likeness (QED) is 0.342. The van der Waals surface area contributed by atoms with Crippen molar-refractivity contribution in [2.75, 3.05) is 26.4 Å². The van der Waals surface area contributed by atoms with Gasteiger partial charge in [0.05, 0.1) is 39.3 Å². The van der Waals surface area contributed by atoms with Crippen molar-refractivity contribution in [2.24, 2.45) is 0 Å². The number of carbonyl (C=O) groups excluding carboxylic acids is 2. The lowest BCUT2D eigenvalue weighted by Gasteiger charge is -1.94. The Hall–Kier alpha value is -0.980. The van der Waals surface area contributed by atoms with Crippen LogP contribution in [0.25, 0.3) is 0 Å². The molecule has 1 aliphatic heterocycles. The summed E-state index contributed by atoms with van der Waals surface area (Å²) in [7, 11) is 0. The van der Waals surface area contributed by atoms with Crippen LogP contribution in [0.4, 0.5) is 0 Å².